The Hall–Kier alpha value is -1.79. The highest BCUT2D eigenvalue weighted by Crippen LogP contribution is 2.25. The number of nitrogens with zero attached hydrogens (tertiary/aromatic N) is 1. The van der Waals surface area contributed by atoms with Crippen molar-refractivity contribution in [3.05, 3.63) is 60.2 Å². The van der Waals surface area contributed by atoms with Crippen LogP contribution in [0.1, 0.15) is 24.0 Å². The molecule has 26 heavy (non-hydrogen) atoms. The molecule has 0 spiro atoms. The van der Waals surface area contributed by atoms with E-state index in [-0.39, 0.29) is 18.4 Å². The Morgan fingerprint density at radius 3 is 2.92 bits per heavy atom. The van der Waals surface area contributed by atoms with Crippen LogP contribution in [-0.4, -0.2) is 24.2 Å². The SMILES string of the molecule is Cc1ccc(C2NNCC2CNCCCn2ccc3ccccc32)o1.Cl. The van der Waals surface area contributed by atoms with Gasteiger partial charge < -0.3 is 14.3 Å². The number of hydrogen-bond acceptors (Lipinski definition) is 4. The van der Waals surface area contributed by atoms with E-state index in [1.165, 1.54) is 10.9 Å². The number of para-hydroxylation sites is 1. The summed E-state index contributed by atoms with van der Waals surface area (Å²) in [6, 6.07) is 15.1. The fourth-order valence-corrected chi connectivity index (χ4v) is 3.65. The maximum absolute atomic E-state index is 5.78. The summed E-state index contributed by atoms with van der Waals surface area (Å²) < 4.78 is 8.12. The van der Waals surface area contributed by atoms with E-state index in [1.807, 2.05) is 13.0 Å². The summed E-state index contributed by atoms with van der Waals surface area (Å²) in [5.74, 6) is 2.49. The lowest BCUT2D eigenvalue weighted by molar-refractivity contribution is 0.359. The van der Waals surface area contributed by atoms with E-state index in [0.717, 1.165) is 44.1 Å². The number of aromatic nitrogens is 1. The van der Waals surface area contributed by atoms with Crippen molar-refractivity contribution in [2.45, 2.75) is 25.9 Å². The number of benzene rings is 1. The van der Waals surface area contributed by atoms with Crippen molar-refractivity contribution in [1.82, 2.24) is 20.7 Å². The molecule has 4 rings (SSSR count). The Morgan fingerprint density at radius 1 is 1.19 bits per heavy atom. The molecule has 0 aliphatic carbocycles. The van der Waals surface area contributed by atoms with E-state index in [4.69, 9.17) is 4.42 Å². The molecule has 3 aromatic rings. The van der Waals surface area contributed by atoms with Crippen LogP contribution in [0.25, 0.3) is 10.9 Å². The van der Waals surface area contributed by atoms with Crippen LogP contribution in [0.2, 0.25) is 0 Å². The summed E-state index contributed by atoms with van der Waals surface area (Å²) in [4.78, 5) is 0. The Labute approximate surface area is 160 Å². The first-order valence-corrected chi connectivity index (χ1v) is 9.10. The number of nitrogens with one attached hydrogen (secondary N) is 3. The zero-order chi connectivity index (χ0) is 17.1. The van der Waals surface area contributed by atoms with Gasteiger partial charge in [0.2, 0.25) is 0 Å². The third kappa shape index (κ3) is 4.13. The average Bonchev–Trinajstić information content (AvgIpc) is 3.34. The van der Waals surface area contributed by atoms with Gasteiger partial charge in [-0.25, -0.2) is 5.43 Å². The molecule has 0 saturated carbocycles. The number of furan rings is 1. The molecule has 2 atom stereocenters. The lowest BCUT2D eigenvalue weighted by Crippen LogP contribution is -2.29. The van der Waals surface area contributed by atoms with Crippen molar-refractivity contribution in [2.24, 2.45) is 5.92 Å². The quantitative estimate of drug-likeness (QED) is 0.555. The fourth-order valence-electron chi connectivity index (χ4n) is 3.65. The zero-order valence-corrected chi connectivity index (χ0v) is 15.9. The molecule has 5 nitrogen and oxygen atoms in total. The molecule has 3 N–H and O–H groups in total. The molecule has 0 amide bonds. The topological polar surface area (TPSA) is 54.2 Å². The van der Waals surface area contributed by atoms with Gasteiger partial charge in [0.25, 0.3) is 0 Å². The third-order valence-electron chi connectivity index (χ3n) is 5.00. The van der Waals surface area contributed by atoms with Crippen LogP contribution in [0.5, 0.6) is 0 Å². The van der Waals surface area contributed by atoms with Gasteiger partial charge in [-0.15, -0.1) is 12.4 Å². The van der Waals surface area contributed by atoms with Crippen LogP contribution in [0, 0.1) is 12.8 Å². The summed E-state index contributed by atoms with van der Waals surface area (Å²) in [5.41, 5.74) is 7.91. The van der Waals surface area contributed by atoms with Crippen LogP contribution >= 0.6 is 12.4 Å². The fraction of sp³-hybridized carbons (Fsp3) is 0.400. The predicted octanol–water partition coefficient (Wildman–Crippen LogP) is 3.41. The Balaban J connectivity index is 0.00000196. The Morgan fingerprint density at radius 2 is 2.08 bits per heavy atom. The molecule has 2 aromatic heterocycles. The minimum absolute atomic E-state index is 0. The van der Waals surface area contributed by atoms with Crippen molar-refractivity contribution in [1.29, 1.82) is 0 Å². The number of fused-ring (bicyclic) bond motifs is 1. The van der Waals surface area contributed by atoms with Crippen LogP contribution in [0.4, 0.5) is 0 Å². The maximum atomic E-state index is 5.78. The van der Waals surface area contributed by atoms with Gasteiger partial charge in [0.1, 0.15) is 11.5 Å². The van der Waals surface area contributed by atoms with Gasteiger partial charge in [-0.1, -0.05) is 18.2 Å². The monoisotopic (exact) mass is 374 g/mol. The molecule has 2 unspecified atom stereocenters. The second-order valence-electron chi connectivity index (χ2n) is 6.84. The first-order chi connectivity index (χ1) is 12.3. The van der Waals surface area contributed by atoms with E-state index >= 15 is 0 Å². The highest BCUT2D eigenvalue weighted by Gasteiger charge is 2.29. The van der Waals surface area contributed by atoms with Crippen molar-refractivity contribution in [3.63, 3.8) is 0 Å². The van der Waals surface area contributed by atoms with Gasteiger partial charge in [0.15, 0.2) is 0 Å². The number of halogens is 1. The average molecular weight is 375 g/mol. The number of hydrazine groups is 1. The molecular weight excluding hydrogens is 348 g/mol. The number of hydrogen-bond donors (Lipinski definition) is 3. The molecule has 0 radical (unpaired) electrons. The van der Waals surface area contributed by atoms with E-state index < -0.39 is 0 Å². The Kier molecular flexibility index (Phi) is 6.38. The maximum Gasteiger partial charge on any atom is 0.122 e. The molecule has 1 aliphatic heterocycles. The molecule has 1 fully saturated rings. The van der Waals surface area contributed by atoms with Crippen LogP contribution in [0.15, 0.2) is 53.1 Å². The molecule has 1 saturated heterocycles. The third-order valence-corrected chi connectivity index (χ3v) is 5.00. The summed E-state index contributed by atoms with van der Waals surface area (Å²) in [6.07, 6.45) is 3.31. The van der Waals surface area contributed by atoms with E-state index in [1.54, 1.807) is 0 Å². The second-order valence-corrected chi connectivity index (χ2v) is 6.84. The minimum atomic E-state index is 0. The molecular formula is C20H27ClN4O. The highest BCUT2D eigenvalue weighted by molar-refractivity contribution is 5.85. The normalized spacial score (nSPS) is 19.7. The van der Waals surface area contributed by atoms with Gasteiger partial charge in [-0.05, 0) is 49.5 Å². The van der Waals surface area contributed by atoms with Crippen LogP contribution in [-0.2, 0) is 6.54 Å². The van der Waals surface area contributed by atoms with Crippen LogP contribution in [0.3, 0.4) is 0 Å². The van der Waals surface area contributed by atoms with Crippen molar-refractivity contribution >= 4 is 23.3 Å². The summed E-state index contributed by atoms with van der Waals surface area (Å²) in [5, 5.41) is 4.92. The molecule has 6 heteroatoms. The van der Waals surface area contributed by atoms with Crippen LogP contribution < -0.4 is 16.2 Å². The van der Waals surface area contributed by atoms with Gasteiger partial charge in [-0.2, -0.15) is 0 Å². The largest absolute Gasteiger partial charge is 0.465 e. The van der Waals surface area contributed by atoms with Gasteiger partial charge in [-0.3, -0.25) is 5.43 Å². The first kappa shape index (κ1) is 19.0. The summed E-state index contributed by atoms with van der Waals surface area (Å²) in [6.45, 7) is 6.00. The minimum Gasteiger partial charge on any atom is -0.465 e. The summed E-state index contributed by atoms with van der Waals surface area (Å²) in [7, 11) is 0. The molecule has 140 valence electrons. The highest BCUT2D eigenvalue weighted by atomic mass is 35.5. The summed E-state index contributed by atoms with van der Waals surface area (Å²) >= 11 is 0. The van der Waals surface area contributed by atoms with Gasteiger partial charge in [0.05, 0.1) is 6.04 Å². The van der Waals surface area contributed by atoms with E-state index in [9.17, 15) is 0 Å². The van der Waals surface area contributed by atoms with Crippen molar-refractivity contribution in [2.75, 3.05) is 19.6 Å². The van der Waals surface area contributed by atoms with E-state index in [0.29, 0.717) is 5.92 Å². The van der Waals surface area contributed by atoms with E-state index in [2.05, 4.69) is 63.3 Å². The lowest BCUT2D eigenvalue weighted by Gasteiger charge is -2.17. The lowest BCUT2D eigenvalue weighted by atomic mass is 10.00. The molecule has 1 aromatic carbocycles. The standard InChI is InChI=1S/C20H26N4O.ClH/c1-15-7-8-19(25-15)20-17(14-22-23-20)13-21-10-4-11-24-12-9-16-5-2-3-6-18(16)24;/h2-3,5-9,12,17,20-23H,4,10-11,13-14H2,1H3;1H. The van der Waals surface area contributed by atoms with Crippen molar-refractivity contribution < 1.29 is 4.42 Å². The predicted molar refractivity (Wildman–Crippen MR) is 107 cm³/mol. The second kappa shape index (κ2) is 8.73. The van der Waals surface area contributed by atoms with Gasteiger partial charge in [0, 0.05) is 37.3 Å². The number of rotatable bonds is 7. The Bertz CT molecular complexity index is 828. The zero-order valence-electron chi connectivity index (χ0n) is 15.1. The first-order valence-electron chi connectivity index (χ1n) is 9.10. The number of aryl methyl sites for hydroxylation is 2. The van der Waals surface area contributed by atoms with Crippen molar-refractivity contribution in [3.8, 4) is 0 Å². The molecule has 3 heterocycles. The van der Waals surface area contributed by atoms with Gasteiger partial charge >= 0.3 is 0 Å². The molecule has 0 bridgehead atoms. The molecule has 1 aliphatic rings. The smallest absolute Gasteiger partial charge is 0.122 e.